The van der Waals surface area contributed by atoms with Crippen LogP contribution in [0, 0.1) is 0 Å². The fourth-order valence-corrected chi connectivity index (χ4v) is 3.79. The first-order valence-electron chi connectivity index (χ1n) is 9.92. The molecular weight excluding hydrogens is 452 g/mol. The number of ether oxygens (including phenoxy) is 1. The van der Waals surface area contributed by atoms with Crippen LogP contribution < -0.4 is 16.0 Å². The van der Waals surface area contributed by atoms with E-state index in [1.54, 1.807) is 37.3 Å². The summed E-state index contributed by atoms with van der Waals surface area (Å²) in [5.74, 6) is -2.38. The summed E-state index contributed by atoms with van der Waals surface area (Å²) in [6.07, 6.45) is 0.0193. The van der Waals surface area contributed by atoms with E-state index in [0.29, 0.717) is 15.7 Å². The molecule has 0 saturated heterocycles. The van der Waals surface area contributed by atoms with Crippen molar-refractivity contribution in [1.82, 2.24) is 9.13 Å². The average Bonchev–Trinajstić information content (AvgIpc) is 2.79. The molecule has 3 rings (SSSR count). The molecule has 10 nitrogen and oxygen atoms in total. The number of hydrogen-bond acceptors (Lipinski definition) is 7. The lowest BCUT2D eigenvalue weighted by Gasteiger charge is -2.18. The van der Waals surface area contributed by atoms with Crippen LogP contribution in [0.4, 0.5) is 0 Å². The molecule has 174 valence electrons. The van der Waals surface area contributed by atoms with Gasteiger partial charge in [-0.05, 0) is 29.7 Å². The Hall–Kier alpha value is -3.54. The summed E-state index contributed by atoms with van der Waals surface area (Å²) in [6, 6.07) is 14.5. The molecular formula is C22H22N2O8S. The van der Waals surface area contributed by atoms with Crippen LogP contribution in [0.15, 0.2) is 64.2 Å². The molecule has 1 heterocycles. The van der Waals surface area contributed by atoms with Gasteiger partial charge >= 0.3 is 11.7 Å². The summed E-state index contributed by atoms with van der Waals surface area (Å²) in [7, 11) is -4.70. The molecule has 0 aliphatic heterocycles. The van der Waals surface area contributed by atoms with E-state index < -0.39 is 33.2 Å². The highest BCUT2D eigenvalue weighted by atomic mass is 32.2. The van der Waals surface area contributed by atoms with Gasteiger partial charge in [-0.15, -0.1) is 0 Å². The summed E-state index contributed by atoms with van der Waals surface area (Å²) >= 11 is 0. The van der Waals surface area contributed by atoms with Crippen LogP contribution in [-0.2, 0) is 35.6 Å². The molecule has 0 aliphatic rings. The van der Waals surface area contributed by atoms with Gasteiger partial charge in [0.05, 0.1) is 24.3 Å². The number of carbonyl (C=O) groups excluding carboxylic acids is 1. The normalized spacial score (nSPS) is 11.4. The van der Waals surface area contributed by atoms with Crippen LogP contribution >= 0.6 is 0 Å². The highest BCUT2D eigenvalue weighted by Crippen LogP contribution is 2.18. The van der Waals surface area contributed by atoms with Gasteiger partial charge in [-0.2, -0.15) is 8.42 Å². The lowest BCUT2D eigenvalue weighted by Crippen LogP contribution is -2.44. The lowest BCUT2D eigenvalue weighted by atomic mass is 10.1. The van der Waals surface area contributed by atoms with E-state index in [1.807, 2.05) is 0 Å². The highest BCUT2D eigenvalue weighted by molar-refractivity contribution is 7.84. The summed E-state index contributed by atoms with van der Waals surface area (Å²) in [5.41, 5.74) is -0.817. The van der Waals surface area contributed by atoms with Gasteiger partial charge in [0, 0.05) is 0 Å². The number of benzene rings is 2. The number of esters is 1. The Kier molecular flexibility index (Phi) is 7.26. The minimum atomic E-state index is -4.70. The van der Waals surface area contributed by atoms with Crippen LogP contribution in [0.1, 0.15) is 34.0 Å². The van der Waals surface area contributed by atoms with Gasteiger partial charge in [0.1, 0.15) is 0 Å². The number of aromatic nitrogens is 2. The number of carbonyl (C=O) groups is 1. The largest absolute Gasteiger partial charge is 0.405 e. The Morgan fingerprint density at radius 3 is 2.15 bits per heavy atom. The maximum atomic E-state index is 13.1. The smallest absolute Gasteiger partial charge is 0.344 e. The van der Waals surface area contributed by atoms with Crippen LogP contribution in [0.25, 0.3) is 0 Å². The van der Waals surface area contributed by atoms with E-state index >= 15 is 0 Å². The average molecular weight is 474 g/mol. The number of rotatable bonds is 8. The lowest BCUT2D eigenvalue weighted by molar-refractivity contribution is 0.0715. The van der Waals surface area contributed by atoms with Crippen molar-refractivity contribution < 1.29 is 27.6 Å². The van der Waals surface area contributed by atoms with Gasteiger partial charge in [0.25, 0.3) is 15.7 Å². The van der Waals surface area contributed by atoms with Crippen molar-refractivity contribution in [2.75, 3.05) is 0 Å². The molecule has 0 unspecified atom stereocenters. The summed E-state index contributed by atoms with van der Waals surface area (Å²) in [6.45, 7) is 1.25. The third kappa shape index (κ3) is 5.64. The molecule has 1 aromatic heterocycles. The first-order valence-corrected chi connectivity index (χ1v) is 11.5. The SMILES string of the molecule is CCc1c(OC(=O)c2ccc(CO)cc2)n(Cc2ccccc2)c(=O)n(CS(=O)(=O)O)c1=O. The molecule has 2 N–H and O–H groups in total. The Morgan fingerprint density at radius 2 is 1.61 bits per heavy atom. The van der Waals surface area contributed by atoms with Crippen molar-refractivity contribution in [3.05, 3.63) is 97.7 Å². The van der Waals surface area contributed by atoms with E-state index in [2.05, 4.69) is 0 Å². The van der Waals surface area contributed by atoms with Crippen LogP contribution in [0.5, 0.6) is 5.88 Å². The first-order chi connectivity index (χ1) is 15.6. The second-order valence-corrected chi connectivity index (χ2v) is 8.60. The van der Waals surface area contributed by atoms with Crippen molar-refractivity contribution in [1.29, 1.82) is 0 Å². The molecule has 3 aromatic rings. The van der Waals surface area contributed by atoms with Crippen molar-refractivity contribution in [2.24, 2.45) is 0 Å². The number of hydrogen-bond donors (Lipinski definition) is 2. The molecule has 33 heavy (non-hydrogen) atoms. The molecule has 0 bridgehead atoms. The van der Waals surface area contributed by atoms with Crippen LogP contribution in [-0.4, -0.2) is 33.2 Å². The summed E-state index contributed by atoms with van der Waals surface area (Å²) < 4.78 is 38.9. The van der Waals surface area contributed by atoms with Gasteiger partial charge in [-0.1, -0.05) is 49.4 Å². The van der Waals surface area contributed by atoms with Crippen molar-refractivity contribution in [3.8, 4) is 5.88 Å². The molecule has 0 amide bonds. The third-order valence-electron chi connectivity index (χ3n) is 4.86. The first kappa shape index (κ1) is 24.1. The molecule has 0 saturated carbocycles. The Balaban J connectivity index is 2.18. The second-order valence-electron chi connectivity index (χ2n) is 7.18. The molecule has 0 spiro atoms. The molecule has 2 aromatic carbocycles. The zero-order valence-electron chi connectivity index (χ0n) is 17.7. The maximum Gasteiger partial charge on any atom is 0.344 e. The monoisotopic (exact) mass is 474 g/mol. The Labute approximate surface area is 189 Å². The molecule has 0 radical (unpaired) electrons. The molecule has 11 heteroatoms. The van der Waals surface area contributed by atoms with Crippen molar-refractivity contribution in [2.45, 2.75) is 32.4 Å². The van der Waals surface area contributed by atoms with Gasteiger partial charge < -0.3 is 9.84 Å². The highest BCUT2D eigenvalue weighted by Gasteiger charge is 2.24. The fourth-order valence-electron chi connectivity index (χ4n) is 3.23. The van der Waals surface area contributed by atoms with E-state index in [1.165, 1.54) is 24.3 Å². The van der Waals surface area contributed by atoms with Gasteiger partial charge in [-0.25, -0.2) is 14.2 Å². The quantitative estimate of drug-likeness (QED) is 0.366. The Bertz CT molecular complexity index is 1370. The molecule has 0 aliphatic carbocycles. The van der Waals surface area contributed by atoms with E-state index in [9.17, 15) is 27.4 Å². The topological polar surface area (TPSA) is 145 Å². The summed E-state index contributed by atoms with van der Waals surface area (Å²) in [4.78, 5) is 38.8. The predicted octanol–water partition coefficient (Wildman–Crippen LogP) is 1.18. The van der Waals surface area contributed by atoms with Crippen LogP contribution in [0.2, 0.25) is 0 Å². The zero-order valence-corrected chi connectivity index (χ0v) is 18.5. The van der Waals surface area contributed by atoms with Crippen LogP contribution in [0.3, 0.4) is 0 Å². The zero-order chi connectivity index (χ0) is 24.2. The van der Waals surface area contributed by atoms with Crippen molar-refractivity contribution >= 4 is 16.1 Å². The second kappa shape index (κ2) is 9.94. The fraction of sp³-hybridized carbons (Fsp3) is 0.227. The van der Waals surface area contributed by atoms with E-state index in [-0.39, 0.29) is 36.6 Å². The standard InChI is InChI=1S/C22H22N2O8S/c1-2-18-19(26)24(14-33(29,30)31)22(28)23(12-15-6-4-3-5-7-15)20(18)32-21(27)17-10-8-16(13-25)9-11-17/h3-11,25H,2,12-14H2,1H3,(H,29,30,31). The minimum Gasteiger partial charge on any atom is -0.405 e. The number of aliphatic hydroxyl groups is 1. The van der Waals surface area contributed by atoms with E-state index in [4.69, 9.17) is 9.84 Å². The molecule has 0 fully saturated rings. The maximum absolute atomic E-state index is 13.1. The predicted molar refractivity (Wildman–Crippen MR) is 119 cm³/mol. The van der Waals surface area contributed by atoms with E-state index in [0.717, 1.165) is 4.57 Å². The Morgan fingerprint density at radius 1 is 0.970 bits per heavy atom. The van der Waals surface area contributed by atoms with Gasteiger partial charge in [0.15, 0.2) is 5.88 Å². The summed E-state index contributed by atoms with van der Waals surface area (Å²) in [5, 5.41) is 9.16. The van der Waals surface area contributed by atoms with Gasteiger partial charge in [-0.3, -0.25) is 13.9 Å². The molecule has 0 atom stereocenters. The number of nitrogens with zero attached hydrogens (tertiary/aromatic N) is 2. The number of aliphatic hydroxyl groups excluding tert-OH is 1. The van der Waals surface area contributed by atoms with Crippen molar-refractivity contribution in [3.63, 3.8) is 0 Å². The van der Waals surface area contributed by atoms with Gasteiger partial charge in [0.2, 0.25) is 5.88 Å². The third-order valence-corrected chi connectivity index (χ3v) is 5.44. The minimum absolute atomic E-state index is 0.0193.